The largest absolute Gasteiger partial charge is 0.495 e. The number of carbonyl (C=O) groups excluding carboxylic acids is 1. The van der Waals surface area contributed by atoms with Gasteiger partial charge in [-0.1, -0.05) is 22.9 Å². The maximum atomic E-state index is 12.0. The third-order valence-corrected chi connectivity index (χ3v) is 3.40. The SMILES string of the molecule is COc1cc(NC(=O)c2nnc(N)s2)c(OC)cc1Cl. The van der Waals surface area contributed by atoms with E-state index in [1.54, 1.807) is 12.1 Å². The summed E-state index contributed by atoms with van der Waals surface area (Å²) in [5, 5.41) is 10.6. The monoisotopic (exact) mass is 314 g/mol. The van der Waals surface area contributed by atoms with Crippen LogP contribution in [0, 0.1) is 0 Å². The smallest absolute Gasteiger partial charge is 0.286 e. The van der Waals surface area contributed by atoms with Crippen LogP contribution in [0.4, 0.5) is 10.8 Å². The molecule has 9 heteroatoms. The van der Waals surface area contributed by atoms with Crippen molar-refractivity contribution in [2.24, 2.45) is 0 Å². The molecular formula is C11H11ClN4O3S. The molecule has 0 aliphatic carbocycles. The number of nitrogens with zero attached hydrogens (tertiary/aromatic N) is 2. The topological polar surface area (TPSA) is 99.4 Å². The summed E-state index contributed by atoms with van der Waals surface area (Å²) in [4.78, 5) is 12.0. The van der Waals surface area contributed by atoms with E-state index in [-0.39, 0.29) is 10.1 Å². The Bertz CT molecular complexity index is 647. The number of rotatable bonds is 4. The first kappa shape index (κ1) is 14.4. The summed E-state index contributed by atoms with van der Waals surface area (Å²) in [5.41, 5.74) is 5.84. The Labute approximate surface area is 123 Å². The van der Waals surface area contributed by atoms with E-state index in [0.717, 1.165) is 11.3 Å². The van der Waals surface area contributed by atoms with Crippen LogP contribution in [0.5, 0.6) is 11.5 Å². The van der Waals surface area contributed by atoms with Gasteiger partial charge in [0.05, 0.1) is 24.9 Å². The van der Waals surface area contributed by atoms with Crippen LogP contribution in [-0.4, -0.2) is 30.3 Å². The summed E-state index contributed by atoms with van der Waals surface area (Å²) in [5.74, 6) is 0.378. The van der Waals surface area contributed by atoms with Crippen molar-refractivity contribution in [3.63, 3.8) is 0 Å². The lowest BCUT2D eigenvalue weighted by molar-refractivity contribution is 0.102. The summed E-state index contributed by atoms with van der Waals surface area (Å²) in [6.45, 7) is 0. The molecule has 1 amide bonds. The van der Waals surface area contributed by atoms with Crippen LogP contribution in [0.15, 0.2) is 12.1 Å². The highest BCUT2D eigenvalue weighted by molar-refractivity contribution is 7.16. The van der Waals surface area contributed by atoms with Crippen molar-refractivity contribution < 1.29 is 14.3 Å². The number of hydrogen-bond donors (Lipinski definition) is 2. The minimum atomic E-state index is -0.443. The zero-order valence-electron chi connectivity index (χ0n) is 10.6. The van der Waals surface area contributed by atoms with E-state index < -0.39 is 5.91 Å². The molecule has 0 bridgehead atoms. The number of ether oxygens (including phenoxy) is 2. The highest BCUT2D eigenvalue weighted by Crippen LogP contribution is 2.36. The first-order valence-corrected chi connectivity index (χ1v) is 6.56. The molecule has 0 spiro atoms. The fourth-order valence-electron chi connectivity index (χ4n) is 1.46. The zero-order chi connectivity index (χ0) is 14.7. The molecule has 0 fully saturated rings. The van der Waals surface area contributed by atoms with Gasteiger partial charge in [-0.15, -0.1) is 10.2 Å². The second kappa shape index (κ2) is 5.93. The van der Waals surface area contributed by atoms with Crippen molar-refractivity contribution in [3.8, 4) is 11.5 Å². The Morgan fingerprint density at radius 1 is 1.30 bits per heavy atom. The van der Waals surface area contributed by atoms with E-state index in [0.29, 0.717) is 22.2 Å². The van der Waals surface area contributed by atoms with E-state index in [9.17, 15) is 4.79 Å². The molecule has 1 heterocycles. The standard InChI is InChI=1S/C11H11ClN4O3S/c1-18-7-4-6(8(19-2)3-5(7)12)14-9(17)10-15-16-11(13)20-10/h3-4H,1-2H3,(H2,13,16)(H,14,17). The van der Waals surface area contributed by atoms with Crippen LogP contribution in [0.2, 0.25) is 5.02 Å². The van der Waals surface area contributed by atoms with E-state index >= 15 is 0 Å². The van der Waals surface area contributed by atoms with Crippen molar-refractivity contribution in [1.29, 1.82) is 0 Å². The highest BCUT2D eigenvalue weighted by atomic mass is 35.5. The van der Waals surface area contributed by atoms with Crippen LogP contribution < -0.4 is 20.5 Å². The van der Waals surface area contributed by atoms with Crippen LogP contribution in [0.25, 0.3) is 0 Å². The fourth-order valence-corrected chi connectivity index (χ4v) is 2.20. The first-order valence-electron chi connectivity index (χ1n) is 5.37. The second-order valence-corrected chi connectivity index (χ2v) is 5.00. The Hall–Kier alpha value is -2.06. The molecule has 7 nitrogen and oxygen atoms in total. The maximum Gasteiger partial charge on any atom is 0.286 e. The Balaban J connectivity index is 2.30. The molecule has 2 aromatic rings. The molecule has 1 aromatic heterocycles. The molecule has 1 aromatic carbocycles. The van der Waals surface area contributed by atoms with Crippen LogP contribution >= 0.6 is 22.9 Å². The number of aromatic nitrogens is 2. The van der Waals surface area contributed by atoms with Crippen LogP contribution in [0.3, 0.4) is 0 Å². The molecular weight excluding hydrogens is 304 g/mol. The molecule has 0 aliphatic heterocycles. The molecule has 0 saturated carbocycles. The minimum Gasteiger partial charge on any atom is -0.495 e. The van der Waals surface area contributed by atoms with Gasteiger partial charge in [0.25, 0.3) is 5.91 Å². The number of halogens is 1. The quantitative estimate of drug-likeness (QED) is 0.896. The van der Waals surface area contributed by atoms with Gasteiger partial charge in [0.15, 0.2) is 0 Å². The normalized spacial score (nSPS) is 10.2. The molecule has 2 rings (SSSR count). The minimum absolute atomic E-state index is 0.151. The number of benzene rings is 1. The number of amides is 1. The van der Waals surface area contributed by atoms with Crippen LogP contribution in [0.1, 0.15) is 9.80 Å². The van der Waals surface area contributed by atoms with Crippen molar-refractivity contribution in [3.05, 3.63) is 22.2 Å². The van der Waals surface area contributed by atoms with Gasteiger partial charge >= 0.3 is 0 Å². The molecule has 0 atom stereocenters. The number of carbonyl (C=O) groups is 1. The summed E-state index contributed by atoms with van der Waals surface area (Å²) in [6.07, 6.45) is 0. The molecule has 3 N–H and O–H groups in total. The lowest BCUT2D eigenvalue weighted by Gasteiger charge is -2.12. The lowest BCUT2D eigenvalue weighted by Crippen LogP contribution is -2.12. The predicted octanol–water partition coefficient (Wildman–Crippen LogP) is 2.04. The Morgan fingerprint density at radius 2 is 2.00 bits per heavy atom. The number of hydrogen-bond acceptors (Lipinski definition) is 7. The number of nitrogens with one attached hydrogen (secondary N) is 1. The lowest BCUT2D eigenvalue weighted by atomic mass is 10.2. The van der Waals surface area contributed by atoms with Gasteiger partial charge in [0, 0.05) is 12.1 Å². The number of nitrogen functional groups attached to an aromatic ring is 1. The van der Waals surface area contributed by atoms with Gasteiger partial charge in [-0.3, -0.25) is 4.79 Å². The number of anilines is 2. The van der Waals surface area contributed by atoms with Crippen molar-refractivity contribution in [1.82, 2.24) is 10.2 Å². The summed E-state index contributed by atoms with van der Waals surface area (Å²) >= 11 is 6.97. The predicted molar refractivity (Wildman–Crippen MR) is 76.8 cm³/mol. The van der Waals surface area contributed by atoms with Gasteiger partial charge in [-0.2, -0.15) is 0 Å². The average molecular weight is 315 g/mol. The van der Waals surface area contributed by atoms with Gasteiger partial charge in [-0.05, 0) is 0 Å². The molecule has 106 valence electrons. The van der Waals surface area contributed by atoms with E-state index in [1.165, 1.54) is 14.2 Å². The Morgan fingerprint density at radius 3 is 2.55 bits per heavy atom. The highest BCUT2D eigenvalue weighted by Gasteiger charge is 2.16. The summed E-state index contributed by atoms with van der Waals surface area (Å²) in [6, 6.07) is 3.11. The van der Waals surface area contributed by atoms with E-state index in [4.69, 9.17) is 26.8 Å². The van der Waals surface area contributed by atoms with E-state index in [1.807, 2.05) is 0 Å². The van der Waals surface area contributed by atoms with E-state index in [2.05, 4.69) is 15.5 Å². The molecule has 0 radical (unpaired) electrons. The maximum absolute atomic E-state index is 12.0. The average Bonchev–Trinajstić information content (AvgIpc) is 2.87. The van der Waals surface area contributed by atoms with Crippen molar-refractivity contribution >= 4 is 39.7 Å². The van der Waals surface area contributed by atoms with Crippen molar-refractivity contribution in [2.45, 2.75) is 0 Å². The van der Waals surface area contributed by atoms with Crippen molar-refractivity contribution in [2.75, 3.05) is 25.3 Å². The van der Waals surface area contributed by atoms with Gasteiger partial charge in [0.1, 0.15) is 11.5 Å². The van der Waals surface area contributed by atoms with Gasteiger partial charge < -0.3 is 20.5 Å². The third-order valence-electron chi connectivity index (χ3n) is 2.36. The van der Waals surface area contributed by atoms with Crippen LogP contribution in [-0.2, 0) is 0 Å². The summed E-state index contributed by atoms with van der Waals surface area (Å²) < 4.78 is 10.2. The molecule has 0 unspecified atom stereocenters. The zero-order valence-corrected chi connectivity index (χ0v) is 12.2. The molecule has 20 heavy (non-hydrogen) atoms. The second-order valence-electron chi connectivity index (χ2n) is 3.59. The first-order chi connectivity index (χ1) is 9.55. The molecule has 0 saturated heterocycles. The third kappa shape index (κ3) is 2.91. The summed E-state index contributed by atoms with van der Waals surface area (Å²) in [7, 11) is 2.95. The van der Waals surface area contributed by atoms with Gasteiger partial charge in [0.2, 0.25) is 10.1 Å². The number of nitrogens with two attached hydrogens (primary N) is 1. The Kier molecular flexibility index (Phi) is 4.26. The molecule has 0 aliphatic rings. The number of methoxy groups -OCH3 is 2. The fraction of sp³-hybridized carbons (Fsp3) is 0.182. The van der Waals surface area contributed by atoms with Gasteiger partial charge in [-0.25, -0.2) is 0 Å².